The third kappa shape index (κ3) is 9.60. The molecule has 0 saturated heterocycles. The van der Waals surface area contributed by atoms with Crippen LogP contribution in [0, 0.1) is 5.41 Å². The summed E-state index contributed by atoms with van der Waals surface area (Å²) in [4.78, 5) is 0. The van der Waals surface area contributed by atoms with Crippen molar-refractivity contribution in [1.82, 2.24) is 5.32 Å². The van der Waals surface area contributed by atoms with Gasteiger partial charge in [-0.15, -0.1) is 0 Å². The number of nitrogens with one attached hydrogen (secondary N) is 1. The molecule has 17 heavy (non-hydrogen) atoms. The zero-order chi connectivity index (χ0) is 13.7. The SMILES string of the molecule is CCS(=O)(=O)CCCC(C)(C)CNC(C)(C)C. The molecule has 0 aromatic rings. The van der Waals surface area contributed by atoms with Crippen molar-refractivity contribution < 1.29 is 8.42 Å². The second kappa shape index (κ2) is 6.19. The fraction of sp³-hybridized carbons (Fsp3) is 1.00. The van der Waals surface area contributed by atoms with E-state index in [0.29, 0.717) is 5.75 Å². The Morgan fingerprint density at radius 3 is 2.00 bits per heavy atom. The Kier molecular flexibility index (Phi) is 6.15. The van der Waals surface area contributed by atoms with Crippen molar-refractivity contribution in [2.45, 2.75) is 59.9 Å². The summed E-state index contributed by atoms with van der Waals surface area (Å²) in [6.07, 6.45) is 1.70. The molecule has 0 aromatic carbocycles. The van der Waals surface area contributed by atoms with E-state index < -0.39 is 9.84 Å². The van der Waals surface area contributed by atoms with Crippen LogP contribution < -0.4 is 5.32 Å². The summed E-state index contributed by atoms with van der Waals surface area (Å²) in [5.74, 6) is 0.579. The maximum atomic E-state index is 11.4. The smallest absolute Gasteiger partial charge is 0.150 e. The first-order valence-electron chi connectivity index (χ1n) is 6.43. The van der Waals surface area contributed by atoms with Gasteiger partial charge in [0.15, 0.2) is 0 Å². The lowest BCUT2D eigenvalue weighted by molar-refractivity contribution is 0.271. The Morgan fingerprint density at radius 1 is 1.06 bits per heavy atom. The molecule has 0 rings (SSSR count). The van der Waals surface area contributed by atoms with Crippen molar-refractivity contribution in [3.8, 4) is 0 Å². The summed E-state index contributed by atoms with van der Waals surface area (Å²) in [5.41, 5.74) is 0.267. The van der Waals surface area contributed by atoms with Gasteiger partial charge in [-0.2, -0.15) is 0 Å². The molecule has 0 bridgehead atoms. The van der Waals surface area contributed by atoms with E-state index in [-0.39, 0.29) is 16.7 Å². The third-order valence-electron chi connectivity index (χ3n) is 2.85. The summed E-state index contributed by atoms with van der Waals surface area (Å²) in [6.45, 7) is 13.4. The van der Waals surface area contributed by atoms with E-state index in [9.17, 15) is 8.42 Å². The average Bonchev–Trinajstić information content (AvgIpc) is 2.13. The zero-order valence-corrected chi connectivity index (χ0v) is 13.1. The van der Waals surface area contributed by atoms with Crippen LogP contribution in [0.5, 0.6) is 0 Å². The highest BCUT2D eigenvalue weighted by molar-refractivity contribution is 7.91. The molecular weight excluding hydrogens is 234 g/mol. The number of rotatable bonds is 7. The summed E-state index contributed by atoms with van der Waals surface area (Å²) in [7, 11) is -2.81. The molecular formula is C13H29NO2S. The average molecular weight is 263 g/mol. The van der Waals surface area contributed by atoms with Gasteiger partial charge in [0.2, 0.25) is 0 Å². The lowest BCUT2D eigenvalue weighted by Gasteiger charge is -2.30. The van der Waals surface area contributed by atoms with Crippen LogP contribution in [0.15, 0.2) is 0 Å². The molecule has 0 unspecified atom stereocenters. The standard InChI is InChI=1S/C13H29NO2S/c1-7-17(15,16)10-8-9-13(5,6)11-14-12(2,3)4/h14H,7-11H2,1-6H3. The second-order valence-electron chi connectivity index (χ2n) is 6.61. The van der Waals surface area contributed by atoms with Crippen LogP contribution in [0.2, 0.25) is 0 Å². The maximum Gasteiger partial charge on any atom is 0.150 e. The first-order valence-corrected chi connectivity index (χ1v) is 8.25. The highest BCUT2D eigenvalue weighted by atomic mass is 32.2. The molecule has 0 fully saturated rings. The molecule has 1 N–H and O–H groups in total. The molecule has 0 saturated carbocycles. The summed E-state index contributed by atoms with van der Waals surface area (Å²) >= 11 is 0. The third-order valence-corrected chi connectivity index (χ3v) is 4.64. The minimum Gasteiger partial charge on any atom is -0.312 e. The van der Waals surface area contributed by atoms with Crippen LogP contribution in [-0.2, 0) is 9.84 Å². The topological polar surface area (TPSA) is 46.2 Å². The Morgan fingerprint density at radius 2 is 1.59 bits per heavy atom. The van der Waals surface area contributed by atoms with Gasteiger partial charge < -0.3 is 5.32 Å². The lowest BCUT2D eigenvalue weighted by atomic mass is 9.87. The Balaban J connectivity index is 4.02. The van der Waals surface area contributed by atoms with Crippen molar-refractivity contribution >= 4 is 9.84 Å². The Hall–Kier alpha value is -0.0900. The van der Waals surface area contributed by atoms with Crippen LogP contribution in [0.1, 0.15) is 54.4 Å². The van der Waals surface area contributed by atoms with Crippen molar-refractivity contribution in [2.75, 3.05) is 18.1 Å². The number of sulfone groups is 1. The van der Waals surface area contributed by atoms with Crippen molar-refractivity contribution in [3.63, 3.8) is 0 Å². The monoisotopic (exact) mass is 263 g/mol. The van der Waals surface area contributed by atoms with E-state index in [0.717, 1.165) is 19.4 Å². The van der Waals surface area contributed by atoms with Gasteiger partial charge in [0.25, 0.3) is 0 Å². The molecule has 0 spiro atoms. The zero-order valence-electron chi connectivity index (χ0n) is 12.3. The lowest BCUT2D eigenvalue weighted by Crippen LogP contribution is -2.42. The minimum absolute atomic E-state index is 0.118. The molecule has 0 radical (unpaired) electrons. The molecule has 0 aliphatic rings. The molecule has 0 aliphatic heterocycles. The fourth-order valence-corrected chi connectivity index (χ4v) is 2.38. The Labute approximate surface area is 107 Å². The van der Waals surface area contributed by atoms with Crippen LogP contribution in [0.4, 0.5) is 0 Å². The van der Waals surface area contributed by atoms with Crippen molar-refractivity contribution in [1.29, 1.82) is 0 Å². The van der Waals surface area contributed by atoms with E-state index in [4.69, 9.17) is 0 Å². The normalized spacial score (nSPS) is 14.0. The van der Waals surface area contributed by atoms with Gasteiger partial charge in [-0.25, -0.2) is 8.42 Å². The van der Waals surface area contributed by atoms with Gasteiger partial charge in [0.1, 0.15) is 9.84 Å². The quantitative estimate of drug-likeness (QED) is 0.768. The van der Waals surface area contributed by atoms with Crippen molar-refractivity contribution in [2.24, 2.45) is 5.41 Å². The summed E-state index contributed by atoms with van der Waals surface area (Å²) in [6, 6.07) is 0. The maximum absolute atomic E-state index is 11.4. The van der Waals surface area contributed by atoms with Crippen LogP contribution >= 0.6 is 0 Å². The minimum atomic E-state index is -2.81. The van der Waals surface area contributed by atoms with Gasteiger partial charge in [-0.05, 0) is 39.0 Å². The number of hydrogen-bond acceptors (Lipinski definition) is 3. The molecule has 0 aliphatic carbocycles. The predicted octanol–water partition coefficient (Wildman–Crippen LogP) is 2.62. The van der Waals surface area contributed by atoms with Crippen molar-refractivity contribution in [3.05, 3.63) is 0 Å². The van der Waals surface area contributed by atoms with Gasteiger partial charge in [-0.3, -0.25) is 0 Å². The largest absolute Gasteiger partial charge is 0.312 e. The highest BCUT2D eigenvalue weighted by Gasteiger charge is 2.21. The van der Waals surface area contributed by atoms with E-state index in [1.165, 1.54) is 0 Å². The number of hydrogen-bond donors (Lipinski definition) is 1. The van der Waals surface area contributed by atoms with E-state index in [2.05, 4.69) is 39.9 Å². The van der Waals surface area contributed by atoms with Gasteiger partial charge in [0.05, 0.1) is 5.75 Å². The molecule has 0 amide bonds. The molecule has 3 nitrogen and oxygen atoms in total. The molecule has 104 valence electrons. The second-order valence-corrected chi connectivity index (χ2v) is 9.08. The van der Waals surface area contributed by atoms with Gasteiger partial charge in [-0.1, -0.05) is 20.8 Å². The summed E-state index contributed by atoms with van der Waals surface area (Å²) < 4.78 is 22.8. The first kappa shape index (κ1) is 16.9. The van der Waals surface area contributed by atoms with E-state index in [1.807, 2.05) is 0 Å². The van der Waals surface area contributed by atoms with E-state index in [1.54, 1.807) is 6.92 Å². The Bertz CT molecular complexity index is 313. The first-order chi connectivity index (χ1) is 7.47. The molecule has 0 atom stereocenters. The van der Waals surface area contributed by atoms with Gasteiger partial charge >= 0.3 is 0 Å². The molecule has 0 heterocycles. The van der Waals surface area contributed by atoms with Crippen LogP contribution in [0.25, 0.3) is 0 Å². The van der Waals surface area contributed by atoms with Crippen LogP contribution in [0.3, 0.4) is 0 Å². The fourth-order valence-electron chi connectivity index (χ4n) is 1.51. The highest BCUT2D eigenvalue weighted by Crippen LogP contribution is 2.22. The van der Waals surface area contributed by atoms with Gasteiger partial charge in [0, 0.05) is 17.8 Å². The predicted molar refractivity (Wildman–Crippen MR) is 75.1 cm³/mol. The molecule has 0 aromatic heterocycles. The van der Waals surface area contributed by atoms with E-state index >= 15 is 0 Å². The summed E-state index contributed by atoms with van der Waals surface area (Å²) in [5, 5.41) is 3.47. The van der Waals surface area contributed by atoms with Crippen LogP contribution in [-0.4, -0.2) is 32.0 Å². The molecule has 4 heteroatoms.